The van der Waals surface area contributed by atoms with E-state index in [1.54, 1.807) is 11.3 Å². The van der Waals surface area contributed by atoms with E-state index in [1.807, 2.05) is 7.05 Å². The number of hydrogen-bond donors (Lipinski definition) is 1. The van der Waals surface area contributed by atoms with Crippen molar-refractivity contribution in [2.24, 2.45) is 0 Å². The van der Waals surface area contributed by atoms with E-state index in [0.717, 1.165) is 0 Å². The van der Waals surface area contributed by atoms with Crippen molar-refractivity contribution in [1.82, 2.24) is 5.32 Å². The molecule has 4 heteroatoms. The molecule has 2 rings (SSSR count). The van der Waals surface area contributed by atoms with Gasteiger partial charge in [0.25, 0.3) is 0 Å². The molecule has 1 unspecified atom stereocenters. The van der Waals surface area contributed by atoms with E-state index in [2.05, 4.69) is 49.3 Å². The summed E-state index contributed by atoms with van der Waals surface area (Å²) in [5.41, 5.74) is 2.88. The largest absolute Gasteiger partial charge is 0.310 e. The highest BCUT2D eigenvalue weighted by Gasteiger charge is 2.21. The first-order valence-corrected chi connectivity index (χ1v) is 7.43. The van der Waals surface area contributed by atoms with Crippen LogP contribution in [0.1, 0.15) is 30.9 Å². The topological polar surface area (TPSA) is 12.0 Å². The molecule has 0 aliphatic heterocycles. The van der Waals surface area contributed by atoms with Crippen LogP contribution in [0.25, 0.3) is 0 Å². The number of halogens is 2. The molecule has 1 aliphatic carbocycles. The van der Waals surface area contributed by atoms with Gasteiger partial charge in [0.05, 0.1) is 13.6 Å². The van der Waals surface area contributed by atoms with Crippen molar-refractivity contribution >= 4 is 43.2 Å². The van der Waals surface area contributed by atoms with Crippen LogP contribution in [0, 0.1) is 0 Å². The molecule has 0 fully saturated rings. The van der Waals surface area contributed by atoms with Crippen LogP contribution in [0.5, 0.6) is 0 Å². The molecule has 0 amide bonds. The van der Waals surface area contributed by atoms with Gasteiger partial charge in [-0.25, -0.2) is 0 Å². The SMILES string of the molecule is CNC(C1=CCCC1)c1cc(Br)sc1Br. The molecular formula is C11H13Br2NS. The van der Waals surface area contributed by atoms with E-state index in [4.69, 9.17) is 0 Å². The summed E-state index contributed by atoms with van der Waals surface area (Å²) in [6.07, 6.45) is 6.14. The molecule has 1 nitrogen and oxygen atoms in total. The second kappa shape index (κ2) is 5.13. The van der Waals surface area contributed by atoms with Crippen LogP contribution in [-0.4, -0.2) is 7.05 Å². The number of hydrogen-bond acceptors (Lipinski definition) is 2. The highest BCUT2D eigenvalue weighted by Crippen LogP contribution is 2.40. The molecule has 0 radical (unpaired) electrons. The lowest BCUT2D eigenvalue weighted by atomic mass is 10.0. The average Bonchev–Trinajstić information content (AvgIpc) is 2.79. The van der Waals surface area contributed by atoms with E-state index in [-0.39, 0.29) is 0 Å². The zero-order valence-electron chi connectivity index (χ0n) is 8.52. The van der Waals surface area contributed by atoms with Gasteiger partial charge >= 0.3 is 0 Å². The van der Waals surface area contributed by atoms with Gasteiger partial charge in [0.2, 0.25) is 0 Å². The van der Waals surface area contributed by atoms with Crippen molar-refractivity contribution in [3.05, 3.63) is 30.9 Å². The second-order valence-electron chi connectivity index (χ2n) is 3.67. The standard InChI is InChI=1S/C11H13Br2NS/c1-14-10(7-4-2-3-5-7)8-6-9(12)15-11(8)13/h4,6,10,14H,2-3,5H2,1H3. The van der Waals surface area contributed by atoms with E-state index in [9.17, 15) is 0 Å². The average molecular weight is 351 g/mol. The maximum absolute atomic E-state index is 3.63. The Bertz CT molecular complexity index is 384. The van der Waals surface area contributed by atoms with Gasteiger partial charge < -0.3 is 5.32 Å². The second-order valence-corrected chi connectivity index (χ2v) is 7.42. The maximum atomic E-state index is 3.63. The highest BCUT2D eigenvalue weighted by molar-refractivity contribution is 9.12. The zero-order chi connectivity index (χ0) is 10.8. The van der Waals surface area contributed by atoms with Gasteiger partial charge in [0.1, 0.15) is 0 Å². The Morgan fingerprint density at radius 3 is 2.73 bits per heavy atom. The third-order valence-corrected chi connectivity index (χ3v) is 5.12. The molecular weight excluding hydrogens is 338 g/mol. The van der Waals surface area contributed by atoms with Crippen molar-refractivity contribution < 1.29 is 0 Å². The quantitative estimate of drug-likeness (QED) is 0.783. The summed E-state index contributed by atoms with van der Waals surface area (Å²) in [6, 6.07) is 2.58. The first-order chi connectivity index (χ1) is 7.22. The number of rotatable bonds is 3. The summed E-state index contributed by atoms with van der Waals surface area (Å²) in [4.78, 5) is 0. The number of allylic oxidation sites excluding steroid dienone is 1. The lowest BCUT2D eigenvalue weighted by Crippen LogP contribution is -2.17. The van der Waals surface area contributed by atoms with E-state index < -0.39 is 0 Å². The van der Waals surface area contributed by atoms with Crippen molar-refractivity contribution in [1.29, 1.82) is 0 Å². The normalized spacial score (nSPS) is 17.9. The lowest BCUT2D eigenvalue weighted by molar-refractivity contribution is 0.656. The Labute approximate surface area is 111 Å². The molecule has 15 heavy (non-hydrogen) atoms. The summed E-state index contributed by atoms with van der Waals surface area (Å²) < 4.78 is 2.41. The van der Waals surface area contributed by atoms with Crippen LogP contribution < -0.4 is 5.32 Å². The molecule has 1 N–H and O–H groups in total. The van der Waals surface area contributed by atoms with Crippen molar-refractivity contribution in [3.63, 3.8) is 0 Å². The van der Waals surface area contributed by atoms with Gasteiger partial charge in [-0.15, -0.1) is 11.3 Å². The van der Waals surface area contributed by atoms with Gasteiger partial charge in [-0.05, 0) is 69.8 Å². The Morgan fingerprint density at radius 1 is 1.47 bits per heavy atom. The molecule has 0 saturated carbocycles. The third kappa shape index (κ3) is 2.54. The van der Waals surface area contributed by atoms with E-state index in [1.165, 1.54) is 38.0 Å². The Hall–Kier alpha value is 0.360. The number of nitrogens with one attached hydrogen (secondary N) is 1. The molecule has 1 aromatic heterocycles. The Morgan fingerprint density at radius 2 is 2.27 bits per heavy atom. The molecule has 0 spiro atoms. The zero-order valence-corrected chi connectivity index (χ0v) is 12.5. The predicted octanol–water partition coefficient (Wildman–Crippen LogP) is 4.64. The molecule has 0 saturated heterocycles. The first kappa shape index (κ1) is 11.8. The van der Waals surface area contributed by atoms with Crippen LogP contribution in [0.3, 0.4) is 0 Å². The summed E-state index contributed by atoms with van der Waals surface area (Å²) in [7, 11) is 2.03. The molecule has 82 valence electrons. The fraction of sp³-hybridized carbons (Fsp3) is 0.455. The molecule has 1 aromatic rings. The van der Waals surface area contributed by atoms with Gasteiger partial charge in [-0.1, -0.05) is 11.6 Å². The van der Waals surface area contributed by atoms with Crippen LogP contribution in [0.15, 0.2) is 25.3 Å². The fourth-order valence-electron chi connectivity index (χ4n) is 2.05. The van der Waals surface area contributed by atoms with Crippen molar-refractivity contribution in [2.75, 3.05) is 7.05 Å². The minimum atomic E-state index is 0.379. The number of thiophene rings is 1. The molecule has 1 atom stereocenters. The predicted molar refractivity (Wildman–Crippen MR) is 73.5 cm³/mol. The summed E-state index contributed by atoms with van der Waals surface area (Å²) in [5, 5.41) is 3.40. The van der Waals surface area contributed by atoms with Gasteiger partial charge in [-0.2, -0.15) is 0 Å². The van der Waals surface area contributed by atoms with Crippen LogP contribution in [-0.2, 0) is 0 Å². The minimum Gasteiger partial charge on any atom is -0.310 e. The summed E-state index contributed by atoms with van der Waals surface area (Å²) in [6.45, 7) is 0. The molecule has 0 aromatic carbocycles. The fourth-order valence-corrected chi connectivity index (χ4v) is 4.95. The van der Waals surface area contributed by atoms with Crippen LogP contribution >= 0.6 is 43.2 Å². The summed E-state index contributed by atoms with van der Waals surface area (Å²) >= 11 is 8.90. The highest BCUT2D eigenvalue weighted by atomic mass is 79.9. The van der Waals surface area contributed by atoms with Crippen molar-refractivity contribution in [2.45, 2.75) is 25.3 Å². The van der Waals surface area contributed by atoms with Crippen LogP contribution in [0.4, 0.5) is 0 Å². The smallest absolute Gasteiger partial charge is 0.0761 e. The van der Waals surface area contributed by atoms with Gasteiger partial charge in [0, 0.05) is 0 Å². The third-order valence-electron chi connectivity index (χ3n) is 2.73. The molecule has 0 bridgehead atoms. The van der Waals surface area contributed by atoms with E-state index >= 15 is 0 Å². The summed E-state index contributed by atoms with van der Waals surface area (Å²) in [5.74, 6) is 0. The Kier molecular flexibility index (Phi) is 4.04. The van der Waals surface area contributed by atoms with Crippen molar-refractivity contribution in [3.8, 4) is 0 Å². The molecule has 1 aliphatic rings. The number of likely N-dealkylation sites (N-methyl/N-ethyl adjacent to an activating group) is 1. The lowest BCUT2D eigenvalue weighted by Gasteiger charge is -2.17. The van der Waals surface area contributed by atoms with Gasteiger partial charge in [-0.3, -0.25) is 0 Å². The monoisotopic (exact) mass is 349 g/mol. The Balaban J connectivity index is 2.29. The first-order valence-electron chi connectivity index (χ1n) is 5.03. The minimum absolute atomic E-state index is 0.379. The van der Waals surface area contributed by atoms with E-state index in [0.29, 0.717) is 6.04 Å². The van der Waals surface area contributed by atoms with Gasteiger partial charge in [0.15, 0.2) is 0 Å². The maximum Gasteiger partial charge on any atom is 0.0761 e. The molecule has 1 heterocycles. The van der Waals surface area contributed by atoms with Crippen LogP contribution in [0.2, 0.25) is 0 Å².